The van der Waals surface area contributed by atoms with Gasteiger partial charge in [-0.05, 0) is 26.0 Å². The van der Waals surface area contributed by atoms with Crippen molar-refractivity contribution in [1.29, 1.82) is 0 Å². The Morgan fingerprint density at radius 1 is 1.15 bits per heavy atom. The molecule has 1 aliphatic heterocycles. The number of carbonyl (C=O) groups is 2. The molecule has 0 unspecified atom stereocenters. The molecule has 7 nitrogen and oxygen atoms in total. The summed E-state index contributed by atoms with van der Waals surface area (Å²) < 4.78 is 5.71. The lowest BCUT2D eigenvalue weighted by molar-refractivity contribution is -0.121. The molecule has 1 heterocycles. The molecule has 1 fully saturated rings. The van der Waals surface area contributed by atoms with Crippen molar-refractivity contribution in [2.75, 3.05) is 45.9 Å². The first-order chi connectivity index (χ1) is 12.4. The van der Waals surface area contributed by atoms with Crippen LogP contribution in [0.15, 0.2) is 24.3 Å². The minimum Gasteiger partial charge on any atom is -0.491 e. The zero-order valence-electron chi connectivity index (χ0n) is 15.3. The second-order valence-corrected chi connectivity index (χ2v) is 6.98. The van der Waals surface area contributed by atoms with Crippen LogP contribution in [0.3, 0.4) is 0 Å². The van der Waals surface area contributed by atoms with Gasteiger partial charge >= 0.3 is 6.03 Å². The largest absolute Gasteiger partial charge is 0.491 e. The Balaban J connectivity index is 1.62. The number of halogens is 1. The lowest BCUT2D eigenvalue weighted by Gasteiger charge is -2.34. The number of amides is 3. The molecule has 26 heavy (non-hydrogen) atoms. The van der Waals surface area contributed by atoms with E-state index in [9.17, 15) is 9.59 Å². The maximum absolute atomic E-state index is 11.9. The van der Waals surface area contributed by atoms with Crippen LogP contribution in [0, 0.1) is 0 Å². The van der Waals surface area contributed by atoms with E-state index in [1.165, 1.54) is 0 Å². The van der Waals surface area contributed by atoms with Crippen LogP contribution in [0.4, 0.5) is 4.79 Å². The van der Waals surface area contributed by atoms with Crippen LogP contribution in [-0.2, 0) is 4.79 Å². The Hall–Kier alpha value is -1.83. The van der Waals surface area contributed by atoms with Crippen LogP contribution in [0.2, 0.25) is 5.02 Å². The number of para-hydroxylation sites is 1. The number of ether oxygens (including phenoxy) is 1. The fraction of sp³-hybridized carbons (Fsp3) is 0.556. The van der Waals surface area contributed by atoms with Crippen molar-refractivity contribution in [3.63, 3.8) is 0 Å². The molecule has 0 radical (unpaired) electrons. The minimum absolute atomic E-state index is 0.000619. The molecule has 1 aromatic carbocycles. The first kappa shape index (κ1) is 20.5. The van der Waals surface area contributed by atoms with E-state index in [1.807, 2.05) is 43.0 Å². The molecule has 0 aliphatic carbocycles. The van der Waals surface area contributed by atoms with Crippen LogP contribution in [0.5, 0.6) is 5.75 Å². The molecule has 2 N–H and O–H groups in total. The van der Waals surface area contributed by atoms with Crippen molar-refractivity contribution in [3.8, 4) is 5.75 Å². The summed E-state index contributed by atoms with van der Waals surface area (Å²) in [5.41, 5.74) is 0. The lowest BCUT2D eigenvalue weighted by atomic mass is 10.3. The third-order valence-electron chi connectivity index (χ3n) is 4.01. The van der Waals surface area contributed by atoms with E-state index >= 15 is 0 Å². The number of piperazine rings is 1. The van der Waals surface area contributed by atoms with Crippen LogP contribution < -0.4 is 15.4 Å². The SMILES string of the molecule is CC(C)NC(=O)NC(=O)CN1CCN(CCOc2ccccc2Cl)CC1. The Kier molecular flexibility index (Phi) is 8.15. The van der Waals surface area contributed by atoms with E-state index in [-0.39, 0.29) is 18.5 Å². The van der Waals surface area contributed by atoms with Gasteiger partial charge in [0, 0.05) is 38.8 Å². The summed E-state index contributed by atoms with van der Waals surface area (Å²) >= 11 is 6.07. The summed E-state index contributed by atoms with van der Waals surface area (Å²) in [6.45, 7) is 8.58. The molecule has 1 aliphatic rings. The number of hydrogen-bond acceptors (Lipinski definition) is 5. The van der Waals surface area contributed by atoms with Gasteiger partial charge in [-0.25, -0.2) is 4.79 Å². The highest BCUT2D eigenvalue weighted by molar-refractivity contribution is 6.32. The maximum Gasteiger partial charge on any atom is 0.321 e. The van der Waals surface area contributed by atoms with Crippen molar-refractivity contribution >= 4 is 23.5 Å². The van der Waals surface area contributed by atoms with Crippen molar-refractivity contribution < 1.29 is 14.3 Å². The average molecular weight is 383 g/mol. The second-order valence-electron chi connectivity index (χ2n) is 6.57. The number of urea groups is 1. The first-order valence-electron chi connectivity index (χ1n) is 8.86. The number of imide groups is 1. The third kappa shape index (κ3) is 7.19. The number of rotatable bonds is 7. The highest BCUT2D eigenvalue weighted by Crippen LogP contribution is 2.22. The lowest BCUT2D eigenvalue weighted by Crippen LogP contribution is -2.52. The van der Waals surface area contributed by atoms with Gasteiger partial charge in [0.1, 0.15) is 12.4 Å². The van der Waals surface area contributed by atoms with Crippen molar-refractivity contribution in [1.82, 2.24) is 20.4 Å². The average Bonchev–Trinajstić information content (AvgIpc) is 2.57. The first-order valence-corrected chi connectivity index (χ1v) is 9.24. The van der Waals surface area contributed by atoms with Crippen LogP contribution in [0.25, 0.3) is 0 Å². The van der Waals surface area contributed by atoms with Crippen molar-refractivity contribution in [2.45, 2.75) is 19.9 Å². The Labute approximate surface area is 159 Å². The standard InChI is InChI=1S/C18H27ClN4O3/c1-14(2)20-18(25)21-17(24)13-23-9-7-22(8-10-23)11-12-26-16-6-4-3-5-15(16)19/h3-6,14H,7-13H2,1-2H3,(H2,20,21,24,25). The zero-order chi connectivity index (χ0) is 18.9. The Morgan fingerprint density at radius 3 is 2.46 bits per heavy atom. The molecular weight excluding hydrogens is 356 g/mol. The molecule has 0 atom stereocenters. The van der Waals surface area contributed by atoms with Gasteiger partial charge in [-0.2, -0.15) is 0 Å². The molecule has 1 aromatic rings. The topological polar surface area (TPSA) is 73.9 Å². The van der Waals surface area contributed by atoms with E-state index in [2.05, 4.69) is 15.5 Å². The Morgan fingerprint density at radius 2 is 1.81 bits per heavy atom. The highest BCUT2D eigenvalue weighted by Gasteiger charge is 2.19. The quantitative estimate of drug-likeness (QED) is 0.748. The molecule has 3 amide bonds. The van der Waals surface area contributed by atoms with Gasteiger partial charge in [0.15, 0.2) is 0 Å². The summed E-state index contributed by atoms with van der Waals surface area (Å²) in [5, 5.41) is 5.60. The van der Waals surface area contributed by atoms with Gasteiger partial charge in [0.2, 0.25) is 5.91 Å². The van der Waals surface area contributed by atoms with Crippen LogP contribution in [0.1, 0.15) is 13.8 Å². The van der Waals surface area contributed by atoms with Gasteiger partial charge in [0.25, 0.3) is 0 Å². The molecule has 1 saturated heterocycles. The molecule has 0 bridgehead atoms. The van der Waals surface area contributed by atoms with Gasteiger partial charge in [-0.1, -0.05) is 23.7 Å². The summed E-state index contributed by atoms with van der Waals surface area (Å²) in [6.07, 6.45) is 0. The third-order valence-corrected chi connectivity index (χ3v) is 4.32. The van der Waals surface area contributed by atoms with E-state index in [1.54, 1.807) is 0 Å². The van der Waals surface area contributed by atoms with Crippen LogP contribution >= 0.6 is 11.6 Å². The van der Waals surface area contributed by atoms with Crippen LogP contribution in [-0.4, -0.2) is 73.7 Å². The number of carbonyl (C=O) groups excluding carboxylic acids is 2. The number of nitrogens with one attached hydrogen (secondary N) is 2. The smallest absolute Gasteiger partial charge is 0.321 e. The molecule has 0 aromatic heterocycles. The fourth-order valence-electron chi connectivity index (χ4n) is 2.69. The molecule has 0 saturated carbocycles. The predicted molar refractivity (Wildman–Crippen MR) is 102 cm³/mol. The summed E-state index contributed by atoms with van der Waals surface area (Å²) in [4.78, 5) is 27.7. The zero-order valence-corrected chi connectivity index (χ0v) is 16.1. The highest BCUT2D eigenvalue weighted by atomic mass is 35.5. The fourth-order valence-corrected chi connectivity index (χ4v) is 2.88. The Bertz CT molecular complexity index is 604. The molecule has 144 valence electrons. The van der Waals surface area contributed by atoms with Gasteiger partial charge < -0.3 is 10.1 Å². The molecule has 0 spiro atoms. The summed E-state index contributed by atoms with van der Waals surface area (Å²) in [6, 6.07) is 6.99. The summed E-state index contributed by atoms with van der Waals surface area (Å²) in [5.74, 6) is 0.419. The molecular formula is C18H27ClN4O3. The second kappa shape index (κ2) is 10.4. The van der Waals surface area contributed by atoms with E-state index in [0.717, 1.165) is 32.7 Å². The maximum atomic E-state index is 11.9. The molecule has 8 heteroatoms. The monoisotopic (exact) mass is 382 g/mol. The van der Waals surface area contributed by atoms with Crippen molar-refractivity contribution in [3.05, 3.63) is 29.3 Å². The van der Waals surface area contributed by atoms with E-state index in [4.69, 9.17) is 16.3 Å². The van der Waals surface area contributed by atoms with Crippen molar-refractivity contribution in [2.24, 2.45) is 0 Å². The minimum atomic E-state index is -0.444. The molecule has 2 rings (SSSR count). The number of hydrogen-bond donors (Lipinski definition) is 2. The van der Waals surface area contributed by atoms with E-state index < -0.39 is 6.03 Å². The number of benzene rings is 1. The summed E-state index contributed by atoms with van der Waals surface area (Å²) in [7, 11) is 0. The van der Waals surface area contributed by atoms with Gasteiger partial charge in [-0.3, -0.25) is 19.9 Å². The van der Waals surface area contributed by atoms with E-state index in [0.29, 0.717) is 17.4 Å². The normalized spacial score (nSPS) is 15.7. The predicted octanol–water partition coefficient (Wildman–Crippen LogP) is 1.57. The van der Waals surface area contributed by atoms with Gasteiger partial charge in [-0.15, -0.1) is 0 Å². The van der Waals surface area contributed by atoms with Gasteiger partial charge in [0.05, 0.1) is 11.6 Å². The number of nitrogens with zero attached hydrogens (tertiary/aromatic N) is 2.